The Bertz CT molecular complexity index is 1540. The van der Waals surface area contributed by atoms with E-state index in [1.807, 2.05) is 41.4 Å². The number of amides is 2. The monoisotopic (exact) mass is 631 g/mol. The molecule has 2 fully saturated rings. The highest BCUT2D eigenvalue weighted by molar-refractivity contribution is 6.91. The summed E-state index contributed by atoms with van der Waals surface area (Å²) >= 11 is 0. The van der Waals surface area contributed by atoms with Crippen LogP contribution in [0.1, 0.15) is 56.7 Å². The highest BCUT2D eigenvalue weighted by atomic mass is 28.3. The number of carbonyl (C=O) groups excluding carboxylic acids is 2. The number of benzene rings is 2. The first-order valence-corrected chi connectivity index (χ1v) is 19.4. The second-order valence-corrected chi connectivity index (χ2v) is 18.0. The maximum absolute atomic E-state index is 14.1. The number of nitrogens with one attached hydrogen (secondary N) is 1. The first-order chi connectivity index (χ1) is 21.7. The Morgan fingerprint density at radius 1 is 1.11 bits per heavy atom. The van der Waals surface area contributed by atoms with Crippen molar-refractivity contribution in [2.24, 2.45) is 5.92 Å². The Labute approximate surface area is 266 Å². The number of nitrogens with zero attached hydrogens (tertiary/aromatic N) is 4. The molecule has 0 radical (unpaired) electrons. The number of fused-ring (bicyclic) bond motifs is 2. The van der Waals surface area contributed by atoms with Crippen molar-refractivity contribution in [1.82, 2.24) is 15.0 Å². The van der Waals surface area contributed by atoms with E-state index in [1.165, 1.54) is 5.19 Å². The summed E-state index contributed by atoms with van der Waals surface area (Å²) in [4.78, 5) is 29.2. The van der Waals surface area contributed by atoms with E-state index in [0.29, 0.717) is 32.4 Å². The van der Waals surface area contributed by atoms with Crippen molar-refractivity contribution >= 4 is 36.4 Å². The highest BCUT2D eigenvalue weighted by Crippen LogP contribution is 2.59. The van der Waals surface area contributed by atoms with E-state index in [2.05, 4.69) is 47.8 Å². The van der Waals surface area contributed by atoms with Crippen molar-refractivity contribution in [3.05, 3.63) is 59.9 Å². The molecule has 3 aliphatic rings. The lowest BCUT2D eigenvalue weighted by molar-refractivity contribution is -0.143. The first kappa shape index (κ1) is 31.4. The third-order valence-electron chi connectivity index (χ3n) is 10.3. The number of methoxy groups -OCH3 is 1. The molecular formula is C34H45N5O5Si. The normalized spacial score (nSPS) is 25.3. The predicted molar refractivity (Wildman–Crippen MR) is 176 cm³/mol. The lowest BCUT2D eigenvalue weighted by atomic mass is 9.82. The van der Waals surface area contributed by atoms with Gasteiger partial charge in [0.05, 0.1) is 27.0 Å². The quantitative estimate of drug-likeness (QED) is 0.337. The number of hydrogen-bond donors (Lipinski definition) is 2. The number of aryl methyl sites for hydroxylation is 1. The molecule has 240 valence electrons. The molecular weight excluding hydrogens is 586 g/mol. The topological polar surface area (TPSA) is 119 Å². The van der Waals surface area contributed by atoms with Gasteiger partial charge in [-0.1, -0.05) is 55.4 Å². The van der Waals surface area contributed by atoms with Crippen molar-refractivity contribution in [3.63, 3.8) is 0 Å². The Balaban J connectivity index is 1.38. The van der Waals surface area contributed by atoms with E-state index < -0.39 is 13.7 Å². The lowest BCUT2D eigenvalue weighted by Crippen LogP contribution is -2.51. The van der Waals surface area contributed by atoms with E-state index in [-0.39, 0.29) is 36.0 Å². The van der Waals surface area contributed by atoms with Gasteiger partial charge in [-0.05, 0) is 55.1 Å². The van der Waals surface area contributed by atoms with Crippen LogP contribution < -0.4 is 20.1 Å². The van der Waals surface area contributed by atoms with Crippen LogP contribution in [0.3, 0.4) is 0 Å². The second kappa shape index (κ2) is 12.7. The van der Waals surface area contributed by atoms with Crippen molar-refractivity contribution in [2.45, 2.75) is 88.8 Å². The van der Waals surface area contributed by atoms with Gasteiger partial charge in [-0.15, -0.1) is 5.10 Å². The van der Waals surface area contributed by atoms with Crippen molar-refractivity contribution in [3.8, 4) is 5.75 Å². The zero-order valence-corrected chi connectivity index (χ0v) is 27.8. The molecule has 0 aliphatic carbocycles. The molecule has 4 heterocycles. The Hall–Kier alpha value is -3.54. The fraction of sp³-hybridized carbons (Fsp3) is 0.529. The van der Waals surface area contributed by atoms with E-state index in [0.717, 1.165) is 54.1 Å². The molecule has 10 nitrogen and oxygen atoms in total. The minimum absolute atomic E-state index is 0.0216. The van der Waals surface area contributed by atoms with E-state index in [9.17, 15) is 14.7 Å². The standard InChI is InChI=1S/C34H45N5O5Si/c1-23-32(45(3,4)27-13-11-26(43-2)12-14-27)30(16-19-38-22-24(17-20-40)36-37-38)44-34(23)28-21-25(10-15-29(28)35-33(34)42)39-18-8-6-5-7-9-31(39)41/h10-15,21-23,30,32,40H,5-9,16-20H2,1-4H3,(H,35,42)/t23-,30+,32-,34+/m1/s1. The molecule has 0 bridgehead atoms. The molecule has 3 aliphatic heterocycles. The van der Waals surface area contributed by atoms with Crippen LogP contribution in [0.5, 0.6) is 5.75 Å². The largest absolute Gasteiger partial charge is 0.497 e. The predicted octanol–water partition coefficient (Wildman–Crippen LogP) is 4.38. The van der Waals surface area contributed by atoms with Crippen LogP contribution in [0.25, 0.3) is 0 Å². The summed E-state index contributed by atoms with van der Waals surface area (Å²) in [5.74, 6) is 0.678. The number of hydrogen-bond acceptors (Lipinski definition) is 7. The van der Waals surface area contributed by atoms with Gasteiger partial charge in [-0.3, -0.25) is 14.3 Å². The SMILES string of the molecule is COc1ccc([Si](C)(C)[C@H]2[C@H](CCn3cc(CCO)nn3)O[C@@]3(C(=O)Nc4ccc(N5CCCCCCC5=O)cc43)[C@@H]2C)cc1. The Kier molecular flexibility index (Phi) is 8.86. The van der Waals surface area contributed by atoms with Gasteiger partial charge in [0.1, 0.15) is 5.75 Å². The summed E-state index contributed by atoms with van der Waals surface area (Å²) in [6, 6.07) is 14.3. The molecule has 4 atom stereocenters. The minimum atomic E-state index is -2.27. The van der Waals surface area contributed by atoms with Gasteiger partial charge in [0.2, 0.25) is 5.91 Å². The zero-order valence-electron chi connectivity index (χ0n) is 26.8. The van der Waals surface area contributed by atoms with Crippen LogP contribution >= 0.6 is 0 Å². The molecule has 6 rings (SSSR count). The molecule has 3 aromatic rings. The number of aliphatic hydroxyl groups excluding tert-OH is 1. The molecule has 2 aromatic carbocycles. The van der Waals surface area contributed by atoms with Gasteiger partial charge in [0, 0.05) is 61.6 Å². The summed E-state index contributed by atoms with van der Waals surface area (Å²) in [5, 5.41) is 22.2. The molecule has 0 unspecified atom stereocenters. The van der Waals surface area contributed by atoms with Gasteiger partial charge in [0.25, 0.3) is 5.91 Å². The second-order valence-electron chi connectivity index (χ2n) is 13.3. The van der Waals surface area contributed by atoms with Crippen LogP contribution in [0.2, 0.25) is 18.6 Å². The average Bonchev–Trinajstić information content (AvgIpc) is 3.68. The number of aliphatic hydroxyl groups is 1. The number of aromatic nitrogens is 3. The molecule has 2 N–H and O–H groups in total. The first-order valence-electron chi connectivity index (χ1n) is 16.3. The molecule has 2 amide bonds. The van der Waals surface area contributed by atoms with Crippen LogP contribution in [0, 0.1) is 5.92 Å². The number of ether oxygens (including phenoxy) is 2. The summed E-state index contributed by atoms with van der Waals surface area (Å²) < 4.78 is 14.4. The summed E-state index contributed by atoms with van der Waals surface area (Å²) in [6.07, 6.45) is 7.37. The van der Waals surface area contributed by atoms with Crippen molar-refractivity contribution in [2.75, 3.05) is 30.5 Å². The number of anilines is 2. The minimum Gasteiger partial charge on any atom is -0.497 e. The fourth-order valence-corrected chi connectivity index (χ4v) is 12.0. The molecule has 1 aromatic heterocycles. The summed E-state index contributed by atoms with van der Waals surface area (Å²) in [5.41, 5.74) is 2.07. The van der Waals surface area contributed by atoms with Gasteiger partial charge in [-0.25, -0.2) is 0 Å². The van der Waals surface area contributed by atoms with Crippen LogP contribution in [-0.2, 0) is 32.9 Å². The third-order valence-corrected chi connectivity index (χ3v) is 14.7. The fourth-order valence-electron chi connectivity index (χ4n) is 7.93. The molecule has 11 heteroatoms. The highest BCUT2D eigenvalue weighted by Gasteiger charge is 2.64. The van der Waals surface area contributed by atoms with E-state index in [1.54, 1.807) is 11.8 Å². The zero-order chi connectivity index (χ0) is 31.8. The van der Waals surface area contributed by atoms with Crippen molar-refractivity contribution in [1.29, 1.82) is 0 Å². The van der Waals surface area contributed by atoms with E-state index in [4.69, 9.17) is 9.47 Å². The lowest BCUT2D eigenvalue weighted by Gasteiger charge is -2.37. The van der Waals surface area contributed by atoms with E-state index >= 15 is 0 Å². The van der Waals surface area contributed by atoms with Gasteiger partial charge in [0.15, 0.2) is 5.60 Å². The number of carbonyl (C=O) groups is 2. The average molecular weight is 632 g/mol. The number of rotatable bonds is 9. The maximum Gasteiger partial charge on any atom is 0.261 e. The van der Waals surface area contributed by atoms with Crippen LogP contribution in [-0.4, -0.2) is 66.4 Å². The molecule has 2 saturated heterocycles. The molecule has 45 heavy (non-hydrogen) atoms. The van der Waals surface area contributed by atoms with Gasteiger partial charge in [-0.2, -0.15) is 0 Å². The molecule has 1 spiro atoms. The summed E-state index contributed by atoms with van der Waals surface area (Å²) in [7, 11) is -0.599. The van der Waals surface area contributed by atoms with Crippen molar-refractivity contribution < 1.29 is 24.2 Å². The maximum atomic E-state index is 14.1. The Morgan fingerprint density at radius 3 is 2.64 bits per heavy atom. The van der Waals surface area contributed by atoms with Crippen LogP contribution in [0.4, 0.5) is 11.4 Å². The third kappa shape index (κ3) is 5.70. The van der Waals surface area contributed by atoms with Crippen LogP contribution in [0.15, 0.2) is 48.7 Å². The smallest absolute Gasteiger partial charge is 0.261 e. The molecule has 0 saturated carbocycles. The van der Waals surface area contributed by atoms with Gasteiger partial charge >= 0.3 is 0 Å². The summed E-state index contributed by atoms with van der Waals surface area (Å²) in [6.45, 7) is 8.17. The Morgan fingerprint density at radius 2 is 1.89 bits per heavy atom. The van der Waals surface area contributed by atoms with Gasteiger partial charge < -0.3 is 24.8 Å².